The zero-order valence-electron chi connectivity index (χ0n) is 12.3. The number of ether oxygens (including phenoxy) is 1. The van der Waals surface area contributed by atoms with Gasteiger partial charge in [0.05, 0.1) is 0 Å². The van der Waals surface area contributed by atoms with Gasteiger partial charge in [-0.1, -0.05) is 12.1 Å². The quantitative estimate of drug-likeness (QED) is 0.847. The van der Waals surface area contributed by atoms with E-state index in [-0.39, 0.29) is 12.5 Å². The van der Waals surface area contributed by atoms with Gasteiger partial charge in [-0.2, -0.15) is 0 Å². The van der Waals surface area contributed by atoms with Gasteiger partial charge in [0.25, 0.3) is 0 Å². The van der Waals surface area contributed by atoms with Crippen molar-refractivity contribution in [2.45, 2.75) is 28.4 Å². The molecule has 1 amide bonds. The number of hydrogen-bond acceptors (Lipinski definition) is 6. The molecule has 8 heteroatoms. The molecule has 5 nitrogen and oxygen atoms in total. The Hall–Kier alpha value is -1.22. The predicted octanol–water partition coefficient (Wildman–Crippen LogP) is 2.62. The van der Waals surface area contributed by atoms with Crippen molar-refractivity contribution in [1.82, 2.24) is 5.32 Å². The molecular weight excluding hydrogens is 354 g/mol. The summed E-state index contributed by atoms with van der Waals surface area (Å²) in [6.07, 6.45) is 1.09. The highest BCUT2D eigenvalue weighted by Crippen LogP contribution is 2.33. The van der Waals surface area contributed by atoms with Crippen LogP contribution in [0.15, 0.2) is 39.2 Å². The van der Waals surface area contributed by atoms with Gasteiger partial charge in [-0.25, -0.2) is 8.42 Å². The van der Waals surface area contributed by atoms with Gasteiger partial charge in [-0.3, -0.25) is 4.79 Å². The average Bonchev–Trinajstić information content (AvgIpc) is 3.27. The molecule has 0 saturated carbocycles. The zero-order chi connectivity index (χ0) is 16.3. The topological polar surface area (TPSA) is 72.5 Å². The van der Waals surface area contributed by atoms with Crippen molar-refractivity contribution in [2.24, 2.45) is 0 Å². The fourth-order valence-electron chi connectivity index (χ4n) is 2.49. The Morgan fingerprint density at radius 2 is 2.09 bits per heavy atom. The lowest BCUT2D eigenvalue weighted by Crippen LogP contribution is -2.38. The first-order chi connectivity index (χ1) is 11.1. The molecule has 1 saturated heterocycles. The number of carbonyl (C=O) groups excluding carboxylic acids is 1. The number of amides is 1. The first-order valence-electron chi connectivity index (χ1n) is 7.29. The maximum atomic E-state index is 12.9. The summed E-state index contributed by atoms with van der Waals surface area (Å²) in [5.41, 5.74) is 0. The minimum atomic E-state index is -3.53. The molecule has 0 aliphatic carbocycles. The molecule has 23 heavy (non-hydrogen) atoms. The van der Waals surface area contributed by atoms with Crippen LogP contribution in [0.1, 0.15) is 23.0 Å². The Morgan fingerprint density at radius 3 is 2.70 bits per heavy atom. The summed E-state index contributed by atoms with van der Waals surface area (Å²) < 4.78 is 31.4. The van der Waals surface area contributed by atoms with Crippen molar-refractivity contribution in [3.63, 3.8) is 0 Å². The van der Waals surface area contributed by atoms with Gasteiger partial charge in [0.15, 0.2) is 9.84 Å². The van der Waals surface area contributed by atoms with Gasteiger partial charge in [0.1, 0.15) is 15.6 Å². The van der Waals surface area contributed by atoms with Crippen molar-refractivity contribution >= 4 is 38.4 Å². The van der Waals surface area contributed by atoms with E-state index in [9.17, 15) is 13.2 Å². The monoisotopic (exact) mass is 371 g/mol. The second-order valence-electron chi connectivity index (χ2n) is 5.23. The van der Waals surface area contributed by atoms with E-state index >= 15 is 0 Å². The Balaban J connectivity index is 1.78. The normalized spacial score (nSPS) is 19.6. The van der Waals surface area contributed by atoms with Gasteiger partial charge in [-0.05, 0) is 35.7 Å². The smallest absolute Gasteiger partial charge is 0.249 e. The van der Waals surface area contributed by atoms with Crippen molar-refractivity contribution in [1.29, 1.82) is 0 Å². The minimum absolute atomic E-state index is 0.0550. The molecule has 3 rings (SSSR count). The van der Waals surface area contributed by atoms with Gasteiger partial charge in [-0.15, -0.1) is 22.7 Å². The first-order valence-corrected chi connectivity index (χ1v) is 10.6. The summed E-state index contributed by atoms with van der Waals surface area (Å²) in [5, 5.41) is 5.56. The van der Waals surface area contributed by atoms with Gasteiger partial charge < -0.3 is 10.1 Å². The highest BCUT2D eigenvalue weighted by molar-refractivity contribution is 7.93. The van der Waals surface area contributed by atoms with Crippen LogP contribution in [0.25, 0.3) is 0 Å². The zero-order valence-corrected chi connectivity index (χ0v) is 14.8. The Bertz CT molecular complexity index is 732. The third kappa shape index (κ3) is 3.65. The molecule has 2 aromatic heterocycles. The number of sulfone groups is 1. The third-order valence-corrected chi connectivity index (χ3v) is 8.34. The largest absolute Gasteiger partial charge is 0.368 e. The molecular formula is C15H17NO4S3. The molecule has 1 N–H and O–H groups in total. The van der Waals surface area contributed by atoms with E-state index in [4.69, 9.17) is 4.74 Å². The number of hydrogen-bond donors (Lipinski definition) is 1. The molecule has 124 valence electrons. The number of nitrogens with one attached hydrogen (secondary N) is 1. The summed E-state index contributed by atoms with van der Waals surface area (Å²) in [4.78, 5) is 12.8. The van der Waals surface area contributed by atoms with E-state index in [0.717, 1.165) is 11.3 Å². The van der Waals surface area contributed by atoms with E-state index in [1.54, 1.807) is 23.6 Å². The average molecular weight is 372 g/mol. The van der Waals surface area contributed by atoms with Gasteiger partial charge in [0, 0.05) is 18.0 Å². The molecule has 0 bridgehead atoms. The van der Waals surface area contributed by atoms with Crippen LogP contribution in [0.3, 0.4) is 0 Å². The molecule has 0 aromatic carbocycles. The molecule has 1 fully saturated rings. The van der Waals surface area contributed by atoms with E-state index in [2.05, 4.69) is 5.32 Å². The van der Waals surface area contributed by atoms with Crippen LogP contribution in [0.5, 0.6) is 0 Å². The number of carbonyl (C=O) groups is 1. The second kappa shape index (κ2) is 7.12. The summed E-state index contributed by atoms with van der Waals surface area (Å²) in [6, 6.07) is 6.92. The van der Waals surface area contributed by atoms with Crippen molar-refractivity contribution in [3.05, 3.63) is 39.9 Å². The van der Waals surface area contributed by atoms with Gasteiger partial charge >= 0.3 is 0 Å². The molecule has 1 aliphatic rings. The van der Waals surface area contributed by atoms with Crippen LogP contribution in [0.4, 0.5) is 0 Å². The highest BCUT2D eigenvalue weighted by Gasteiger charge is 2.32. The third-order valence-electron chi connectivity index (χ3n) is 3.69. The minimum Gasteiger partial charge on any atom is -0.368 e. The van der Waals surface area contributed by atoms with E-state index < -0.39 is 21.2 Å². The van der Waals surface area contributed by atoms with Crippen LogP contribution in [-0.2, 0) is 19.4 Å². The fourth-order valence-corrected chi connectivity index (χ4v) is 6.48. The molecule has 0 radical (unpaired) electrons. The molecule has 0 spiro atoms. The second-order valence-corrected chi connectivity index (χ2v) is 9.51. The van der Waals surface area contributed by atoms with Crippen LogP contribution in [0, 0.1) is 0 Å². The van der Waals surface area contributed by atoms with E-state index in [0.29, 0.717) is 17.2 Å². The van der Waals surface area contributed by atoms with Gasteiger partial charge in [0.2, 0.25) is 5.91 Å². The summed E-state index contributed by atoms with van der Waals surface area (Å²) >= 11 is 2.58. The molecule has 2 atom stereocenters. The van der Waals surface area contributed by atoms with Crippen molar-refractivity contribution in [3.8, 4) is 0 Å². The SMILES string of the molecule is O=C(NCC(c1cccs1)S(=O)(=O)c1cccs1)C1CCCO1. The lowest BCUT2D eigenvalue weighted by Gasteiger charge is -2.18. The van der Waals surface area contributed by atoms with E-state index in [1.165, 1.54) is 22.7 Å². The Kier molecular flexibility index (Phi) is 5.15. The Morgan fingerprint density at radius 1 is 1.30 bits per heavy atom. The number of rotatable bonds is 6. The summed E-state index contributed by atoms with van der Waals surface area (Å²) in [5.74, 6) is -0.231. The Labute approximate surface area is 143 Å². The summed E-state index contributed by atoms with van der Waals surface area (Å²) in [6.45, 7) is 0.638. The van der Waals surface area contributed by atoms with Crippen LogP contribution >= 0.6 is 22.7 Å². The molecule has 2 aromatic rings. The van der Waals surface area contributed by atoms with Crippen LogP contribution in [-0.4, -0.2) is 33.6 Å². The van der Waals surface area contributed by atoms with E-state index in [1.807, 2.05) is 11.4 Å². The number of thiophene rings is 2. The maximum Gasteiger partial charge on any atom is 0.249 e. The fraction of sp³-hybridized carbons (Fsp3) is 0.400. The van der Waals surface area contributed by atoms with Crippen molar-refractivity contribution < 1.29 is 17.9 Å². The lowest BCUT2D eigenvalue weighted by atomic mass is 10.2. The summed E-state index contributed by atoms with van der Waals surface area (Å²) in [7, 11) is -3.53. The van der Waals surface area contributed by atoms with Crippen LogP contribution in [0.2, 0.25) is 0 Å². The maximum absolute atomic E-state index is 12.9. The lowest BCUT2D eigenvalue weighted by molar-refractivity contribution is -0.130. The van der Waals surface area contributed by atoms with Crippen molar-refractivity contribution in [2.75, 3.05) is 13.2 Å². The standard InChI is InChI=1S/C15H17NO4S3/c17-15(11-4-1-7-20-11)16-10-13(12-5-2-8-21-12)23(18,19)14-6-3-9-22-14/h2-3,5-6,8-9,11,13H,1,4,7,10H2,(H,16,17). The predicted molar refractivity (Wildman–Crippen MR) is 90.5 cm³/mol. The van der Waals surface area contributed by atoms with Crippen LogP contribution < -0.4 is 5.32 Å². The molecule has 1 aliphatic heterocycles. The molecule has 3 heterocycles. The highest BCUT2D eigenvalue weighted by atomic mass is 32.2. The molecule has 2 unspecified atom stereocenters. The first kappa shape index (κ1) is 16.6.